The summed E-state index contributed by atoms with van der Waals surface area (Å²) in [5.41, 5.74) is 1.51. The fraction of sp³-hybridized carbons (Fsp3) is 0.259. The summed E-state index contributed by atoms with van der Waals surface area (Å²) >= 11 is 0.784. The minimum Gasteiger partial charge on any atom is -0.362 e. The van der Waals surface area contributed by atoms with Crippen LogP contribution in [0.15, 0.2) is 47.3 Å². The Hall–Kier alpha value is -4.64. The third-order valence-corrected chi connectivity index (χ3v) is 7.24. The number of benzene rings is 2. The average Bonchev–Trinajstić information content (AvgIpc) is 3.45. The molecule has 1 aliphatic rings. The first-order valence-corrected chi connectivity index (χ1v) is 13.2. The van der Waals surface area contributed by atoms with Gasteiger partial charge in [-0.25, -0.2) is 4.39 Å². The highest BCUT2D eigenvalue weighted by atomic mass is 32.1. The summed E-state index contributed by atoms with van der Waals surface area (Å²) in [6.07, 6.45) is -2.66. The molecule has 2 heterocycles. The van der Waals surface area contributed by atoms with Gasteiger partial charge < -0.3 is 20.9 Å². The molecule has 41 heavy (non-hydrogen) atoms. The van der Waals surface area contributed by atoms with Crippen LogP contribution in [0.25, 0.3) is 11.8 Å². The van der Waals surface area contributed by atoms with E-state index in [9.17, 15) is 37.2 Å². The van der Waals surface area contributed by atoms with Gasteiger partial charge in [-0.1, -0.05) is 6.07 Å². The van der Waals surface area contributed by atoms with Crippen LogP contribution in [0.2, 0.25) is 0 Å². The molecular formula is C27H24F4N6O3S. The van der Waals surface area contributed by atoms with Gasteiger partial charge in [0.2, 0.25) is 5.91 Å². The number of nitrogens with zero attached hydrogens (tertiary/aromatic N) is 3. The zero-order valence-electron chi connectivity index (χ0n) is 21.6. The predicted octanol–water partition coefficient (Wildman–Crippen LogP) is 2.27. The molecule has 0 radical (unpaired) electrons. The lowest BCUT2D eigenvalue weighted by Gasteiger charge is -2.19. The second-order valence-corrected chi connectivity index (χ2v) is 10.00. The second-order valence-electron chi connectivity index (χ2n) is 8.97. The Morgan fingerprint density at radius 1 is 1.17 bits per heavy atom. The van der Waals surface area contributed by atoms with Gasteiger partial charge in [-0.3, -0.25) is 19.0 Å². The first kappa shape index (κ1) is 29.3. The lowest BCUT2D eigenvalue weighted by atomic mass is 10.2. The third kappa shape index (κ3) is 7.12. The van der Waals surface area contributed by atoms with E-state index in [4.69, 9.17) is 0 Å². The summed E-state index contributed by atoms with van der Waals surface area (Å²) in [6.45, 7) is 0.731. The zero-order chi connectivity index (χ0) is 29.7. The highest BCUT2D eigenvalue weighted by Crippen LogP contribution is 2.28. The molecule has 1 aliphatic heterocycles. The maximum absolute atomic E-state index is 13.5. The Bertz CT molecular complexity index is 1710. The number of aromatic nitrogens is 1. The Balaban J connectivity index is 1.50. The Kier molecular flexibility index (Phi) is 8.77. The van der Waals surface area contributed by atoms with Crippen LogP contribution in [0.5, 0.6) is 0 Å². The summed E-state index contributed by atoms with van der Waals surface area (Å²) in [7, 11) is 0. The highest BCUT2D eigenvalue weighted by Gasteiger charge is 2.29. The van der Waals surface area contributed by atoms with Gasteiger partial charge in [0.15, 0.2) is 5.57 Å². The van der Waals surface area contributed by atoms with E-state index in [-0.39, 0.29) is 34.0 Å². The maximum Gasteiger partial charge on any atom is 0.405 e. The van der Waals surface area contributed by atoms with Crippen LogP contribution in [-0.2, 0) is 22.6 Å². The number of amides is 2. The quantitative estimate of drug-likeness (QED) is 0.348. The van der Waals surface area contributed by atoms with Gasteiger partial charge in [0, 0.05) is 36.4 Å². The van der Waals surface area contributed by atoms with Crippen LogP contribution in [0.4, 0.5) is 34.6 Å². The number of nitriles is 1. The van der Waals surface area contributed by atoms with E-state index >= 15 is 0 Å². The van der Waals surface area contributed by atoms with E-state index in [2.05, 4.69) is 10.6 Å². The molecule has 1 aromatic heterocycles. The van der Waals surface area contributed by atoms with Gasteiger partial charge in [-0.15, -0.1) is 11.3 Å². The average molecular weight is 589 g/mol. The Morgan fingerprint density at radius 2 is 1.93 bits per heavy atom. The van der Waals surface area contributed by atoms with Crippen molar-refractivity contribution in [3.05, 3.63) is 73.4 Å². The molecule has 4 rings (SSSR count). The van der Waals surface area contributed by atoms with E-state index in [0.29, 0.717) is 24.3 Å². The van der Waals surface area contributed by atoms with Gasteiger partial charge in [-0.2, -0.15) is 18.4 Å². The summed E-state index contributed by atoms with van der Waals surface area (Å²) in [6, 6.07) is 12.7. The highest BCUT2D eigenvalue weighted by molar-refractivity contribution is 7.07. The first-order valence-electron chi connectivity index (χ1n) is 12.4. The second kappa shape index (κ2) is 12.3. The van der Waals surface area contributed by atoms with Crippen LogP contribution in [0, 0.1) is 17.1 Å². The van der Waals surface area contributed by atoms with Gasteiger partial charge in [-0.05, 0) is 55.3 Å². The summed E-state index contributed by atoms with van der Waals surface area (Å²) in [5, 5.41) is 16.8. The van der Waals surface area contributed by atoms with Crippen molar-refractivity contribution in [2.75, 3.05) is 35.2 Å². The molecule has 214 valence electrons. The van der Waals surface area contributed by atoms with Crippen molar-refractivity contribution in [1.29, 1.82) is 5.26 Å². The first-order chi connectivity index (χ1) is 19.5. The van der Waals surface area contributed by atoms with Crippen molar-refractivity contribution in [2.24, 2.45) is 0 Å². The van der Waals surface area contributed by atoms with Gasteiger partial charge in [0.05, 0.1) is 6.54 Å². The molecule has 0 aliphatic carbocycles. The smallest absolute Gasteiger partial charge is 0.362 e. The molecule has 9 nitrogen and oxygen atoms in total. The SMILES string of the molecule is CCn1c(=C(C#N)C(=O)NCC(F)(F)F)sc(=CNc2cccc(NC(=O)CN3CCc4cc(F)ccc43)c2)c1=O. The van der Waals surface area contributed by atoms with Crippen molar-refractivity contribution >= 4 is 52.0 Å². The predicted molar refractivity (Wildman–Crippen MR) is 147 cm³/mol. The number of nitrogens with one attached hydrogen (secondary N) is 3. The molecule has 0 saturated heterocycles. The number of hydrogen-bond donors (Lipinski definition) is 3. The summed E-state index contributed by atoms with van der Waals surface area (Å²) in [5.74, 6) is -1.83. The number of hydrogen-bond acceptors (Lipinski definition) is 7. The Labute approximate surface area is 235 Å². The molecule has 3 aromatic rings. The number of carbonyl (C=O) groups excluding carboxylic acids is 2. The number of rotatable bonds is 8. The number of thiazole rings is 1. The van der Waals surface area contributed by atoms with Crippen LogP contribution >= 0.6 is 11.3 Å². The topological polar surface area (TPSA) is 119 Å². The van der Waals surface area contributed by atoms with Crippen LogP contribution < -0.4 is 35.6 Å². The van der Waals surface area contributed by atoms with E-state index in [0.717, 1.165) is 27.2 Å². The fourth-order valence-electron chi connectivity index (χ4n) is 4.27. The normalized spacial score (nSPS) is 13.9. The standard InChI is InChI=1S/C27H24F4N6O3S/c1-2-37-25(40)22(41-26(37)20(12-32)24(39)34-15-27(29,30)31)13-33-18-4-3-5-19(11-18)35-23(38)14-36-9-8-16-10-17(28)6-7-21(16)36/h3-7,10-11,13,33H,2,8-9,14-15H2,1H3,(H,34,39)(H,35,38). The van der Waals surface area contributed by atoms with E-state index in [1.54, 1.807) is 48.6 Å². The lowest BCUT2D eigenvalue weighted by molar-refractivity contribution is -0.135. The van der Waals surface area contributed by atoms with E-state index in [1.165, 1.54) is 18.3 Å². The minimum atomic E-state index is -4.66. The molecular weight excluding hydrogens is 564 g/mol. The van der Waals surface area contributed by atoms with E-state index in [1.807, 2.05) is 4.90 Å². The monoisotopic (exact) mass is 588 g/mol. The van der Waals surface area contributed by atoms with Crippen molar-refractivity contribution in [3.8, 4) is 6.07 Å². The molecule has 3 N–H and O–H groups in total. The van der Waals surface area contributed by atoms with Crippen molar-refractivity contribution in [2.45, 2.75) is 26.1 Å². The van der Waals surface area contributed by atoms with Crippen LogP contribution in [0.1, 0.15) is 12.5 Å². The van der Waals surface area contributed by atoms with Gasteiger partial charge in [0.25, 0.3) is 11.5 Å². The maximum atomic E-state index is 13.5. The number of carbonyl (C=O) groups is 2. The number of fused-ring (bicyclic) bond motifs is 1. The van der Waals surface area contributed by atoms with E-state index < -0.39 is 29.8 Å². The Morgan fingerprint density at radius 3 is 2.63 bits per heavy atom. The van der Waals surface area contributed by atoms with Gasteiger partial charge in [0.1, 0.15) is 27.6 Å². The fourth-order valence-corrected chi connectivity index (χ4v) is 5.36. The molecule has 2 aromatic carbocycles. The van der Waals surface area contributed by atoms with Crippen LogP contribution in [0.3, 0.4) is 0 Å². The summed E-state index contributed by atoms with van der Waals surface area (Å²) < 4.78 is 52.2. The lowest BCUT2D eigenvalue weighted by Crippen LogP contribution is -2.37. The molecule has 0 spiro atoms. The molecule has 14 heteroatoms. The zero-order valence-corrected chi connectivity index (χ0v) is 22.5. The third-order valence-electron chi connectivity index (χ3n) is 6.11. The molecule has 0 atom stereocenters. The number of anilines is 3. The van der Waals surface area contributed by atoms with Crippen molar-refractivity contribution < 1.29 is 27.2 Å². The molecule has 2 amide bonds. The summed E-state index contributed by atoms with van der Waals surface area (Å²) in [4.78, 5) is 39.7. The molecule has 0 saturated carbocycles. The van der Waals surface area contributed by atoms with Crippen molar-refractivity contribution in [3.63, 3.8) is 0 Å². The molecule has 0 fully saturated rings. The van der Waals surface area contributed by atoms with Crippen LogP contribution in [-0.4, -0.2) is 42.2 Å². The molecule has 0 bridgehead atoms. The molecule has 0 unspecified atom stereocenters. The minimum absolute atomic E-state index is 0.0695. The van der Waals surface area contributed by atoms with Crippen molar-refractivity contribution in [1.82, 2.24) is 9.88 Å². The number of alkyl halides is 3. The largest absolute Gasteiger partial charge is 0.405 e. The number of halogens is 4. The van der Waals surface area contributed by atoms with Gasteiger partial charge >= 0.3 is 6.18 Å².